The third kappa shape index (κ3) is 4.03. The summed E-state index contributed by atoms with van der Waals surface area (Å²) in [5.41, 5.74) is 6.30. The Morgan fingerprint density at radius 1 is 1.26 bits per heavy atom. The highest BCUT2D eigenvalue weighted by Gasteiger charge is 2.34. The largest absolute Gasteiger partial charge is 0.491 e. The molecule has 5 heteroatoms. The van der Waals surface area contributed by atoms with Crippen LogP contribution in [0.3, 0.4) is 0 Å². The second kappa shape index (κ2) is 7.32. The van der Waals surface area contributed by atoms with E-state index in [0.29, 0.717) is 18.7 Å². The normalized spacial score (nSPS) is 22.9. The van der Waals surface area contributed by atoms with Gasteiger partial charge in [-0.3, -0.25) is 4.79 Å². The molecule has 3 N–H and O–H groups in total. The number of benzene rings is 1. The summed E-state index contributed by atoms with van der Waals surface area (Å²) in [4.78, 5) is 12.4. The van der Waals surface area contributed by atoms with Crippen molar-refractivity contribution in [1.82, 2.24) is 5.32 Å². The van der Waals surface area contributed by atoms with Crippen molar-refractivity contribution in [3.8, 4) is 5.75 Å². The zero-order chi connectivity index (χ0) is 16.1. The van der Waals surface area contributed by atoms with Gasteiger partial charge in [0.25, 0.3) is 5.91 Å². The molecule has 0 bridgehead atoms. The van der Waals surface area contributed by atoms with E-state index in [1.165, 1.54) is 0 Å². The summed E-state index contributed by atoms with van der Waals surface area (Å²) >= 11 is 0. The highest BCUT2D eigenvalue weighted by Crippen LogP contribution is 2.29. The molecule has 5 nitrogen and oxygen atoms in total. The van der Waals surface area contributed by atoms with Crippen LogP contribution in [0, 0.1) is 0 Å². The molecule has 1 amide bonds. The Balaban J connectivity index is 1.54. The van der Waals surface area contributed by atoms with Crippen LogP contribution in [0.1, 0.15) is 48.9 Å². The first kappa shape index (κ1) is 16.3. The van der Waals surface area contributed by atoms with Crippen LogP contribution < -0.4 is 15.8 Å². The number of hydrogen-bond acceptors (Lipinski definition) is 4. The van der Waals surface area contributed by atoms with E-state index in [1.807, 2.05) is 12.1 Å². The van der Waals surface area contributed by atoms with Crippen molar-refractivity contribution in [1.29, 1.82) is 0 Å². The van der Waals surface area contributed by atoms with Gasteiger partial charge in [-0.2, -0.15) is 0 Å². The molecule has 126 valence electrons. The maximum absolute atomic E-state index is 12.4. The SMILES string of the molecule is NCC1(NC(=O)c2ccc(OCC3CCCO3)cc2)CCCC1. The summed E-state index contributed by atoms with van der Waals surface area (Å²) < 4.78 is 11.3. The van der Waals surface area contributed by atoms with Gasteiger partial charge in [0.1, 0.15) is 12.4 Å². The van der Waals surface area contributed by atoms with E-state index < -0.39 is 0 Å². The maximum atomic E-state index is 12.4. The van der Waals surface area contributed by atoms with Crippen molar-refractivity contribution < 1.29 is 14.3 Å². The summed E-state index contributed by atoms with van der Waals surface area (Å²) in [6, 6.07) is 7.29. The van der Waals surface area contributed by atoms with Gasteiger partial charge in [-0.25, -0.2) is 0 Å². The van der Waals surface area contributed by atoms with Gasteiger partial charge in [-0.1, -0.05) is 12.8 Å². The first-order valence-electron chi connectivity index (χ1n) is 8.58. The van der Waals surface area contributed by atoms with Crippen molar-refractivity contribution in [2.24, 2.45) is 5.73 Å². The predicted octanol–water partition coefficient (Wildman–Crippen LogP) is 2.25. The van der Waals surface area contributed by atoms with E-state index >= 15 is 0 Å². The molecular weight excluding hydrogens is 292 g/mol. The number of ether oxygens (including phenoxy) is 2. The fourth-order valence-electron chi connectivity index (χ4n) is 3.41. The number of hydrogen-bond donors (Lipinski definition) is 2. The molecule has 2 fully saturated rings. The fraction of sp³-hybridized carbons (Fsp3) is 0.611. The zero-order valence-corrected chi connectivity index (χ0v) is 13.6. The predicted molar refractivity (Wildman–Crippen MR) is 88.6 cm³/mol. The first-order valence-corrected chi connectivity index (χ1v) is 8.58. The Labute approximate surface area is 137 Å². The molecule has 1 aromatic rings. The number of nitrogens with one attached hydrogen (secondary N) is 1. The lowest BCUT2D eigenvalue weighted by Gasteiger charge is -2.28. The molecule has 3 rings (SSSR count). The standard InChI is InChI=1S/C18H26N2O3/c19-13-18(9-1-2-10-18)20-17(21)14-5-7-15(8-6-14)23-12-16-4-3-11-22-16/h5-8,16H,1-4,9-13,19H2,(H,20,21). The summed E-state index contributed by atoms with van der Waals surface area (Å²) in [5, 5.41) is 3.13. The Bertz CT molecular complexity index is 518. The number of rotatable bonds is 6. The molecule has 1 unspecified atom stereocenters. The number of nitrogens with two attached hydrogens (primary N) is 1. The van der Waals surface area contributed by atoms with E-state index in [9.17, 15) is 4.79 Å². The third-order valence-corrected chi connectivity index (χ3v) is 4.91. The quantitative estimate of drug-likeness (QED) is 0.844. The second-order valence-corrected chi connectivity index (χ2v) is 6.62. The zero-order valence-electron chi connectivity index (χ0n) is 13.6. The number of amides is 1. The summed E-state index contributed by atoms with van der Waals surface area (Å²) in [5.74, 6) is 0.717. The van der Waals surface area contributed by atoms with E-state index in [2.05, 4.69) is 5.32 Å². The monoisotopic (exact) mass is 318 g/mol. The van der Waals surface area contributed by atoms with Gasteiger partial charge in [0.05, 0.1) is 11.6 Å². The van der Waals surface area contributed by atoms with E-state index in [1.54, 1.807) is 12.1 Å². The lowest BCUT2D eigenvalue weighted by atomic mass is 9.97. The molecule has 23 heavy (non-hydrogen) atoms. The van der Waals surface area contributed by atoms with Gasteiger partial charge < -0.3 is 20.5 Å². The van der Waals surface area contributed by atoms with Gasteiger partial charge in [0.2, 0.25) is 0 Å². The lowest BCUT2D eigenvalue weighted by Crippen LogP contribution is -2.51. The van der Waals surface area contributed by atoms with Crippen molar-refractivity contribution in [3.05, 3.63) is 29.8 Å². The minimum absolute atomic E-state index is 0.0528. The van der Waals surface area contributed by atoms with Crippen LogP contribution in [0.5, 0.6) is 5.75 Å². The van der Waals surface area contributed by atoms with Gasteiger partial charge in [-0.15, -0.1) is 0 Å². The smallest absolute Gasteiger partial charge is 0.251 e. The van der Waals surface area contributed by atoms with Crippen molar-refractivity contribution in [2.75, 3.05) is 19.8 Å². The molecule has 0 aromatic heterocycles. The van der Waals surface area contributed by atoms with Crippen LogP contribution in [0.2, 0.25) is 0 Å². The van der Waals surface area contributed by atoms with E-state index in [0.717, 1.165) is 50.9 Å². The van der Waals surface area contributed by atoms with Crippen LogP contribution in [0.4, 0.5) is 0 Å². The van der Waals surface area contributed by atoms with Gasteiger partial charge in [-0.05, 0) is 49.9 Å². The van der Waals surface area contributed by atoms with Crippen LogP contribution in [0.15, 0.2) is 24.3 Å². The van der Waals surface area contributed by atoms with E-state index in [4.69, 9.17) is 15.2 Å². The van der Waals surface area contributed by atoms with Crippen molar-refractivity contribution >= 4 is 5.91 Å². The van der Waals surface area contributed by atoms with Crippen LogP contribution in [0.25, 0.3) is 0 Å². The molecule has 1 aliphatic carbocycles. The highest BCUT2D eigenvalue weighted by atomic mass is 16.5. The average molecular weight is 318 g/mol. The second-order valence-electron chi connectivity index (χ2n) is 6.62. The molecule has 1 saturated carbocycles. The fourth-order valence-corrected chi connectivity index (χ4v) is 3.41. The average Bonchev–Trinajstić information content (AvgIpc) is 3.25. The van der Waals surface area contributed by atoms with E-state index in [-0.39, 0.29) is 17.6 Å². The molecule has 1 aliphatic heterocycles. The maximum Gasteiger partial charge on any atom is 0.251 e. The van der Waals surface area contributed by atoms with Gasteiger partial charge in [0, 0.05) is 18.7 Å². The van der Waals surface area contributed by atoms with Crippen molar-refractivity contribution in [2.45, 2.75) is 50.2 Å². The topological polar surface area (TPSA) is 73.6 Å². The Morgan fingerprint density at radius 3 is 2.61 bits per heavy atom. The Kier molecular flexibility index (Phi) is 5.18. The van der Waals surface area contributed by atoms with Crippen LogP contribution in [-0.2, 0) is 4.74 Å². The molecule has 1 heterocycles. The summed E-state index contributed by atoms with van der Waals surface area (Å²) in [7, 11) is 0. The minimum atomic E-state index is -0.216. The highest BCUT2D eigenvalue weighted by molar-refractivity contribution is 5.94. The molecule has 1 saturated heterocycles. The Morgan fingerprint density at radius 2 is 2.00 bits per heavy atom. The Hall–Kier alpha value is -1.59. The van der Waals surface area contributed by atoms with Gasteiger partial charge >= 0.3 is 0 Å². The molecule has 2 aliphatic rings. The molecule has 1 aromatic carbocycles. The molecule has 1 atom stereocenters. The third-order valence-electron chi connectivity index (χ3n) is 4.91. The molecule has 0 radical (unpaired) electrons. The van der Waals surface area contributed by atoms with Gasteiger partial charge in [0.15, 0.2) is 0 Å². The molecular formula is C18H26N2O3. The summed E-state index contributed by atoms with van der Waals surface area (Å²) in [6.45, 7) is 1.90. The van der Waals surface area contributed by atoms with Crippen LogP contribution >= 0.6 is 0 Å². The van der Waals surface area contributed by atoms with Crippen molar-refractivity contribution in [3.63, 3.8) is 0 Å². The lowest BCUT2D eigenvalue weighted by molar-refractivity contribution is 0.0679. The number of carbonyl (C=O) groups excluding carboxylic acids is 1. The summed E-state index contributed by atoms with van der Waals surface area (Å²) in [6.07, 6.45) is 6.57. The molecule has 0 spiro atoms. The van der Waals surface area contributed by atoms with Crippen LogP contribution in [-0.4, -0.2) is 37.3 Å². The first-order chi connectivity index (χ1) is 11.2. The minimum Gasteiger partial charge on any atom is -0.491 e. The number of carbonyl (C=O) groups is 1.